The zero-order valence-corrected chi connectivity index (χ0v) is 13.3. The smallest absolute Gasteiger partial charge is 0.328 e. The molecule has 6 nitrogen and oxygen atoms in total. The van der Waals surface area contributed by atoms with Crippen molar-refractivity contribution in [2.45, 2.75) is 31.7 Å². The van der Waals surface area contributed by atoms with Crippen LogP contribution >= 0.6 is 0 Å². The van der Waals surface area contributed by atoms with Gasteiger partial charge in [-0.3, -0.25) is 4.98 Å². The van der Waals surface area contributed by atoms with Crippen LogP contribution in [0.25, 0.3) is 6.08 Å². The van der Waals surface area contributed by atoms with Gasteiger partial charge in [0.1, 0.15) is 4.90 Å². The lowest BCUT2D eigenvalue weighted by molar-refractivity contribution is -0.131. The number of hydrogen-bond acceptors (Lipinski definition) is 4. The van der Waals surface area contributed by atoms with E-state index in [9.17, 15) is 13.2 Å². The van der Waals surface area contributed by atoms with Crippen molar-refractivity contribution in [1.82, 2.24) is 9.29 Å². The summed E-state index contributed by atoms with van der Waals surface area (Å²) in [6.45, 7) is 5.73. The second-order valence-corrected chi connectivity index (χ2v) is 7.13. The van der Waals surface area contributed by atoms with Crippen LogP contribution in [0.15, 0.2) is 29.4 Å². The van der Waals surface area contributed by atoms with Crippen molar-refractivity contribution in [3.8, 4) is 0 Å². The summed E-state index contributed by atoms with van der Waals surface area (Å²) in [4.78, 5) is 14.4. The summed E-state index contributed by atoms with van der Waals surface area (Å²) >= 11 is 0. The Bertz CT molecular complexity index is 638. The third kappa shape index (κ3) is 4.37. The number of sulfonamides is 1. The third-order valence-electron chi connectivity index (χ3n) is 3.37. The average Bonchev–Trinajstić information content (AvgIpc) is 2.43. The van der Waals surface area contributed by atoms with E-state index in [1.165, 1.54) is 35.9 Å². The average molecular weight is 312 g/mol. The van der Waals surface area contributed by atoms with E-state index in [0.29, 0.717) is 5.56 Å². The van der Waals surface area contributed by atoms with Gasteiger partial charge in [0.2, 0.25) is 10.0 Å². The lowest BCUT2D eigenvalue weighted by atomic mass is 10.1. The van der Waals surface area contributed by atoms with Crippen molar-refractivity contribution in [3.63, 3.8) is 0 Å². The number of aliphatic carboxylic acids is 1. The standard InChI is InChI=1S/C14H20N2O4S/c1-10(2)11(3)16(4)21(19,20)13-7-12(8-15-9-13)5-6-14(17)18/h5-11H,1-4H3,(H,17,18). The van der Waals surface area contributed by atoms with Gasteiger partial charge < -0.3 is 5.11 Å². The van der Waals surface area contributed by atoms with E-state index in [1.807, 2.05) is 20.8 Å². The molecule has 7 heteroatoms. The molecule has 116 valence electrons. The quantitative estimate of drug-likeness (QED) is 0.810. The van der Waals surface area contributed by atoms with Crippen molar-refractivity contribution in [2.24, 2.45) is 5.92 Å². The maximum absolute atomic E-state index is 12.5. The van der Waals surface area contributed by atoms with E-state index < -0.39 is 16.0 Å². The lowest BCUT2D eigenvalue weighted by Gasteiger charge is -2.27. The van der Waals surface area contributed by atoms with Gasteiger partial charge >= 0.3 is 5.97 Å². The second-order valence-electron chi connectivity index (χ2n) is 5.13. The van der Waals surface area contributed by atoms with Gasteiger partial charge in [0, 0.05) is 31.6 Å². The van der Waals surface area contributed by atoms with Crippen LogP contribution in [0.1, 0.15) is 26.3 Å². The number of carboxylic acid groups (broad SMARTS) is 1. The number of carboxylic acids is 1. The number of carbonyl (C=O) groups is 1. The first-order valence-corrected chi connectivity index (χ1v) is 7.94. The van der Waals surface area contributed by atoms with E-state index in [2.05, 4.69) is 4.98 Å². The lowest BCUT2D eigenvalue weighted by Crippen LogP contribution is -2.38. The Kier molecular flexibility index (Phi) is 5.62. The Morgan fingerprint density at radius 3 is 2.48 bits per heavy atom. The van der Waals surface area contributed by atoms with Crippen molar-refractivity contribution < 1.29 is 18.3 Å². The molecule has 1 aromatic heterocycles. The minimum atomic E-state index is -3.65. The summed E-state index contributed by atoms with van der Waals surface area (Å²) in [7, 11) is -2.13. The zero-order valence-electron chi connectivity index (χ0n) is 12.5. The maximum atomic E-state index is 12.5. The number of nitrogens with zero attached hydrogens (tertiary/aromatic N) is 2. The van der Waals surface area contributed by atoms with Crippen molar-refractivity contribution in [3.05, 3.63) is 30.1 Å². The van der Waals surface area contributed by atoms with Crippen molar-refractivity contribution in [1.29, 1.82) is 0 Å². The minimum absolute atomic E-state index is 0.0463. The van der Waals surface area contributed by atoms with E-state index in [0.717, 1.165) is 6.08 Å². The molecule has 0 aliphatic carbocycles. The molecule has 0 radical (unpaired) electrons. The van der Waals surface area contributed by atoms with Crippen molar-refractivity contribution in [2.75, 3.05) is 7.05 Å². The molecule has 0 saturated heterocycles. The predicted molar refractivity (Wildman–Crippen MR) is 80.2 cm³/mol. The van der Waals surface area contributed by atoms with E-state index >= 15 is 0 Å². The molecule has 1 aromatic rings. The van der Waals surface area contributed by atoms with E-state index in [4.69, 9.17) is 5.11 Å². The molecule has 1 N–H and O–H groups in total. The first-order valence-electron chi connectivity index (χ1n) is 6.50. The van der Waals surface area contributed by atoms with Gasteiger partial charge in [-0.15, -0.1) is 0 Å². The van der Waals surface area contributed by atoms with Gasteiger partial charge in [-0.25, -0.2) is 13.2 Å². The third-order valence-corrected chi connectivity index (χ3v) is 5.28. The molecule has 1 rings (SSSR count). The van der Waals surface area contributed by atoms with Gasteiger partial charge in [0.05, 0.1) is 0 Å². The summed E-state index contributed by atoms with van der Waals surface area (Å²) < 4.78 is 26.3. The van der Waals surface area contributed by atoms with Crippen LogP contribution in [0.2, 0.25) is 0 Å². The molecule has 0 aliphatic heterocycles. The molecule has 0 saturated carbocycles. The van der Waals surface area contributed by atoms with Crippen LogP contribution in [-0.2, 0) is 14.8 Å². The minimum Gasteiger partial charge on any atom is -0.478 e. The summed E-state index contributed by atoms with van der Waals surface area (Å²) in [5, 5.41) is 8.59. The zero-order chi connectivity index (χ0) is 16.2. The number of pyridine rings is 1. The number of aromatic nitrogens is 1. The van der Waals surface area contributed by atoms with E-state index in [-0.39, 0.29) is 16.9 Å². The van der Waals surface area contributed by atoms with Crippen LogP contribution < -0.4 is 0 Å². The Morgan fingerprint density at radius 2 is 1.95 bits per heavy atom. The van der Waals surface area contributed by atoms with Crippen LogP contribution in [0, 0.1) is 5.92 Å². The fraction of sp³-hybridized carbons (Fsp3) is 0.429. The van der Waals surface area contributed by atoms with Gasteiger partial charge in [-0.2, -0.15) is 4.31 Å². The Morgan fingerprint density at radius 1 is 1.33 bits per heavy atom. The molecular formula is C14H20N2O4S. The maximum Gasteiger partial charge on any atom is 0.328 e. The summed E-state index contributed by atoms with van der Waals surface area (Å²) in [5.41, 5.74) is 0.420. The fourth-order valence-corrected chi connectivity index (χ4v) is 3.13. The van der Waals surface area contributed by atoms with Crippen LogP contribution in [-0.4, -0.2) is 41.9 Å². The fourth-order valence-electron chi connectivity index (χ4n) is 1.64. The highest BCUT2D eigenvalue weighted by Gasteiger charge is 2.27. The second kappa shape index (κ2) is 6.82. The first-order chi connectivity index (χ1) is 9.66. The van der Waals surface area contributed by atoms with Gasteiger partial charge in [-0.1, -0.05) is 13.8 Å². The Labute approximate surface area is 125 Å². The summed E-state index contributed by atoms with van der Waals surface area (Å²) in [5.74, 6) is -0.929. The highest BCUT2D eigenvalue weighted by Crippen LogP contribution is 2.20. The highest BCUT2D eigenvalue weighted by atomic mass is 32.2. The molecule has 0 amide bonds. The molecule has 1 heterocycles. The number of rotatable bonds is 6. The highest BCUT2D eigenvalue weighted by molar-refractivity contribution is 7.89. The normalized spacial score (nSPS) is 14.0. The summed E-state index contributed by atoms with van der Waals surface area (Å²) in [6.07, 6.45) is 4.91. The van der Waals surface area contributed by atoms with Gasteiger partial charge in [-0.05, 0) is 30.5 Å². The van der Waals surface area contributed by atoms with Gasteiger partial charge in [0.15, 0.2) is 0 Å². The van der Waals surface area contributed by atoms with Crippen molar-refractivity contribution >= 4 is 22.1 Å². The Hall–Kier alpha value is -1.73. The molecule has 1 unspecified atom stereocenters. The first kappa shape index (κ1) is 17.3. The molecule has 0 aliphatic rings. The SMILES string of the molecule is CC(C)C(C)N(C)S(=O)(=O)c1cncc(C=CC(=O)O)c1. The number of hydrogen-bond donors (Lipinski definition) is 1. The van der Waals surface area contributed by atoms with Crippen LogP contribution in [0.5, 0.6) is 0 Å². The monoisotopic (exact) mass is 312 g/mol. The largest absolute Gasteiger partial charge is 0.478 e. The molecule has 21 heavy (non-hydrogen) atoms. The van der Waals surface area contributed by atoms with E-state index in [1.54, 1.807) is 0 Å². The molecule has 0 bridgehead atoms. The predicted octanol–water partition coefficient (Wildman–Crippen LogP) is 1.84. The molecule has 0 fully saturated rings. The van der Waals surface area contributed by atoms with Crippen LogP contribution in [0.3, 0.4) is 0 Å². The molecule has 0 spiro atoms. The van der Waals surface area contributed by atoms with Gasteiger partial charge in [0.25, 0.3) is 0 Å². The molecular weight excluding hydrogens is 292 g/mol. The Balaban J connectivity index is 3.15. The summed E-state index contributed by atoms with van der Waals surface area (Å²) in [6, 6.07) is 1.25. The molecule has 1 atom stereocenters. The molecule has 0 aromatic carbocycles. The van der Waals surface area contributed by atoms with Crippen LogP contribution in [0.4, 0.5) is 0 Å². The topological polar surface area (TPSA) is 87.6 Å².